The Morgan fingerprint density at radius 3 is 2.64 bits per heavy atom. The van der Waals surface area contributed by atoms with Crippen molar-refractivity contribution in [1.29, 1.82) is 0 Å². The summed E-state index contributed by atoms with van der Waals surface area (Å²) in [6.45, 7) is 3.74. The number of hydrogen-bond donors (Lipinski definition) is 3. The molecule has 0 bridgehead atoms. The van der Waals surface area contributed by atoms with Crippen LogP contribution in [0.1, 0.15) is 30.8 Å². The van der Waals surface area contributed by atoms with Crippen LogP contribution in [0.25, 0.3) is 10.8 Å². The summed E-state index contributed by atoms with van der Waals surface area (Å²) >= 11 is 0. The van der Waals surface area contributed by atoms with Crippen LogP contribution in [0.5, 0.6) is 0 Å². The normalized spacial score (nSPS) is 13.5. The standard InChI is InChI=1S/C16H19N3O3/c1-3-9(2)13(14(17)20)19-16(22)12-8-10-6-4-5-7-11(10)15(21)18-12/h4-9,13H,3H2,1-2H3,(H2,17,20)(H,18,21)(H,19,22). The van der Waals surface area contributed by atoms with E-state index in [1.807, 2.05) is 13.8 Å². The highest BCUT2D eigenvalue weighted by molar-refractivity contribution is 5.98. The molecule has 6 heteroatoms. The second kappa shape index (κ2) is 6.43. The van der Waals surface area contributed by atoms with E-state index in [1.54, 1.807) is 30.3 Å². The minimum Gasteiger partial charge on any atom is -0.368 e. The Morgan fingerprint density at radius 2 is 2.00 bits per heavy atom. The number of hydrogen-bond acceptors (Lipinski definition) is 3. The molecule has 2 aromatic rings. The molecule has 2 atom stereocenters. The summed E-state index contributed by atoms with van der Waals surface area (Å²) in [5.74, 6) is -1.20. The molecule has 0 saturated heterocycles. The van der Waals surface area contributed by atoms with Crippen molar-refractivity contribution in [2.24, 2.45) is 11.7 Å². The number of nitrogens with one attached hydrogen (secondary N) is 2. The van der Waals surface area contributed by atoms with Gasteiger partial charge in [-0.05, 0) is 23.4 Å². The van der Waals surface area contributed by atoms with Gasteiger partial charge in [-0.3, -0.25) is 14.4 Å². The van der Waals surface area contributed by atoms with Gasteiger partial charge in [-0.1, -0.05) is 38.5 Å². The second-order valence-electron chi connectivity index (χ2n) is 5.34. The zero-order valence-electron chi connectivity index (χ0n) is 12.6. The monoisotopic (exact) mass is 301 g/mol. The number of H-pyrrole nitrogens is 1. The predicted octanol–water partition coefficient (Wildman–Crippen LogP) is 1.16. The lowest BCUT2D eigenvalue weighted by molar-refractivity contribution is -0.120. The van der Waals surface area contributed by atoms with Gasteiger partial charge in [-0.25, -0.2) is 0 Å². The quantitative estimate of drug-likeness (QED) is 0.771. The summed E-state index contributed by atoms with van der Waals surface area (Å²) in [7, 11) is 0. The number of amides is 2. The lowest BCUT2D eigenvalue weighted by Gasteiger charge is -2.21. The molecule has 1 aromatic carbocycles. The smallest absolute Gasteiger partial charge is 0.268 e. The summed E-state index contributed by atoms with van der Waals surface area (Å²) < 4.78 is 0. The molecule has 0 spiro atoms. The number of benzene rings is 1. The van der Waals surface area contributed by atoms with Crippen molar-refractivity contribution in [2.75, 3.05) is 0 Å². The van der Waals surface area contributed by atoms with Crippen LogP contribution >= 0.6 is 0 Å². The Morgan fingerprint density at radius 1 is 1.32 bits per heavy atom. The van der Waals surface area contributed by atoms with Crippen LogP contribution in [0.3, 0.4) is 0 Å². The third-order valence-electron chi connectivity index (χ3n) is 3.80. The van der Waals surface area contributed by atoms with Crippen molar-refractivity contribution in [3.63, 3.8) is 0 Å². The molecule has 0 aliphatic carbocycles. The number of pyridine rings is 1. The van der Waals surface area contributed by atoms with E-state index >= 15 is 0 Å². The summed E-state index contributed by atoms with van der Waals surface area (Å²) in [5.41, 5.74) is 5.10. The molecular weight excluding hydrogens is 282 g/mol. The van der Waals surface area contributed by atoms with Gasteiger partial charge in [0.25, 0.3) is 11.5 Å². The third-order valence-corrected chi connectivity index (χ3v) is 3.80. The van der Waals surface area contributed by atoms with Crippen LogP contribution in [-0.4, -0.2) is 22.8 Å². The lowest BCUT2D eigenvalue weighted by atomic mass is 9.98. The molecule has 0 aliphatic heterocycles. The van der Waals surface area contributed by atoms with E-state index in [0.717, 1.165) is 0 Å². The van der Waals surface area contributed by atoms with Gasteiger partial charge in [0, 0.05) is 5.39 Å². The summed E-state index contributed by atoms with van der Waals surface area (Å²) in [6.07, 6.45) is 0.697. The molecule has 1 aromatic heterocycles. The molecule has 6 nitrogen and oxygen atoms in total. The SMILES string of the molecule is CCC(C)C(NC(=O)c1cc2ccccc2c(=O)[nH]1)C(N)=O. The molecule has 2 unspecified atom stereocenters. The highest BCUT2D eigenvalue weighted by Crippen LogP contribution is 2.11. The molecule has 2 amide bonds. The van der Waals surface area contributed by atoms with E-state index in [4.69, 9.17) is 5.73 Å². The molecule has 1 heterocycles. The van der Waals surface area contributed by atoms with Gasteiger partial charge >= 0.3 is 0 Å². The van der Waals surface area contributed by atoms with Crippen LogP contribution in [0.4, 0.5) is 0 Å². The number of primary amides is 1. The van der Waals surface area contributed by atoms with Gasteiger partial charge in [0.15, 0.2) is 0 Å². The highest BCUT2D eigenvalue weighted by Gasteiger charge is 2.24. The first kappa shape index (κ1) is 15.8. The van der Waals surface area contributed by atoms with Gasteiger partial charge < -0.3 is 16.0 Å². The van der Waals surface area contributed by atoms with E-state index in [1.165, 1.54) is 0 Å². The third kappa shape index (κ3) is 3.16. The number of fused-ring (bicyclic) bond motifs is 1. The lowest BCUT2D eigenvalue weighted by Crippen LogP contribution is -2.48. The van der Waals surface area contributed by atoms with Crippen molar-refractivity contribution < 1.29 is 9.59 Å². The summed E-state index contributed by atoms with van der Waals surface area (Å²) in [5, 5.41) is 3.76. The fourth-order valence-corrected chi connectivity index (χ4v) is 2.28. The summed E-state index contributed by atoms with van der Waals surface area (Å²) in [4.78, 5) is 38.3. The van der Waals surface area contributed by atoms with Crippen molar-refractivity contribution in [3.8, 4) is 0 Å². The Labute approximate surface area is 127 Å². The molecule has 116 valence electrons. The minimum absolute atomic E-state index is 0.0892. The molecular formula is C16H19N3O3. The number of carbonyl (C=O) groups is 2. The Balaban J connectivity index is 2.33. The maximum atomic E-state index is 12.3. The van der Waals surface area contributed by atoms with E-state index < -0.39 is 17.9 Å². The average Bonchev–Trinajstić information content (AvgIpc) is 2.51. The van der Waals surface area contributed by atoms with Crippen molar-refractivity contribution >= 4 is 22.6 Å². The van der Waals surface area contributed by atoms with E-state index in [2.05, 4.69) is 10.3 Å². The molecule has 2 rings (SSSR count). The topological polar surface area (TPSA) is 105 Å². The first-order chi connectivity index (χ1) is 10.4. The molecule has 0 radical (unpaired) electrons. The largest absolute Gasteiger partial charge is 0.368 e. The minimum atomic E-state index is -0.771. The number of carbonyl (C=O) groups excluding carboxylic acids is 2. The number of aromatic nitrogens is 1. The predicted molar refractivity (Wildman–Crippen MR) is 84.5 cm³/mol. The number of nitrogens with two attached hydrogens (primary N) is 1. The molecule has 0 fully saturated rings. The Hall–Kier alpha value is -2.63. The van der Waals surface area contributed by atoms with Crippen LogP contribution in [0.2, 0.25) is 0 Å². The number of rotatable bonds is 5. The zero-order chi connectivity index (χ0) is 16.3. The van der Waals surface area contributed by atoms with Crippen LogP contribution < -0.4 is 16.6 Å². The van der Waals surface area contributed by atoms with Crippen molar-refractivity contribution in [1.82, 2.24) is 10.3 Å². The van der Waals surface area contributed by atoms with Crippen LogP contribution in [0, 0.1) is 5.92 Å². The highest BCUT2D eigenvalue weighted by atomic mass is 16.2. The fourth-order valence-electron chi connectivity index (χ4n) is 2.28. The fraction of sp³-hybridized carbons (Fsp3) is 0.312. The van der Waals surface area contributed by atoms with Crippen molar-refractivity contribution in [2.45, 2.75) is 26.3 Å². The molecule has 4 N–H and O–H groups in total. The van der Waals surface area contributed by atoms with Gasteiger partial charge in [0.2, 0.25) is 5.91 Å². The summed E-state index contributed by atoms with van der Waals surface area (Å²) in [6, 6.07) is 7.79. The second-order valence-corrected chi connectivity index (χ2v) is 5.34. The molecule has 22 heavy (non-hydrogen) atoms. The maximum absolute atomic E-state index is 12.3. The maximum Gasteiger partial charge on any atom is 0.268 e. The first-order valence-corrected chi connectivity index (χ1v) is 7.16. The first-order valence-electron chi connectivity index (χ1n) is 7.16. The van der Waals surface area contributed by atoms with Gasteiger partial charge in [0.05, 0.1) is 0 Å². The molecule has 0 aliphatic rings. The van der Waals surface area contributed by atoms with Crippen LogP contribution in [0.15, 0.2) is 35.1 Å². The van der Waals surface area contributed by atoms with Crippen LogP contribution in [-0.2, 0) is 4.79 Å². The van der Waals surface area contributed by atoms with Gasteiger partial charge in [-0.15, -0.1) is 0 Å². The van der Waals surface area contributed by atoms with E-state index in [9.17, 15) is 14.4 Å². The van der Waals surface area contributed by atoms with Crippen molar-refractivity contribution in [3.05, 3.63) is 46.4 Å². The van der Waals surface area contributed by atoms with Gasteiger partial charge in [0.1, 0.15) is 11.7 Å². The van der Waals surface area contributed by atoms with E-state index in [-0.39, 0.29) is 17.2 Å². The molecule has 0 saturated carbocycles. The van der Waals surface area contributed by atoms with E-state index in [0.29, 0.717) is 17.2 Å². The average molecular weight is 301 g/mol. The Bertz CT molecular complexity index is 767. The van der Waals surface area contributed by atoms with Gasteiger partial charge in [-0.2, -0.15) is 0 Å². The number of aromatic amines is 1. The Kier molecular flexibility index (Phi) is 4.60. The zero-order valence-corrected chi connectivity index (χ0v) is 12.6.